The number of rotatable bonds is 4. The molecule has 1 aliphatic heterocycles. The Labute approximate surface area is 171 Å². The largest absolute Gasteiger partial charge is 0.469 e. The Hall–Kier alpha value is -2.30. The Morgan fingerprint density at radius 3 is 2.36 bits per heavy atom. The van der Waals surface area contributed by atoms with E-state index in [1.165, 1.54) is 18.9 Å². The van der Waals surface area contributed by atoms with Crippen molar-refractivity contribution in [2.24, 2.45) is 7.05 Å². The maximum Gasteiger partial charge on any atom is 0.411 e. The molecular formula is C17H24BrN3O7. The Morgan fingerprint density at radius 1 is 1.25 bits per heavy atom. The molecule has 0 N–H and O–H groups in total. The lowest BCUT2D eigenvalue weighted by Crippen LogP contribution is -2.49. The van der Waals surface area contributed by atoms with Crippen molar-refractivity contribution in [1.82, 2.24) is 14.7 Å². The number of carbonyl (C=O) groups is 3. The lowest BCUT2D eigenvalue weighted by molar-refractivity contribution is -0.158. The molecule has 1 aromatic heterocycles. The number of aryl methyl sites for hydroxylation is 1. The van der Waals surface area contributed by atoms with Crippen LogP contribution in [0.1, 0.15) is 27.2 Å². The number of amides is 1. The van der Waals surface area contributed by atoms with Crippen LogP contribution < -0.4 is 4.74 Å². The first kappa shape index (κ1) is 22.0. The van der Waals surface area contributed by atoms with E-state index in [4.69, 9.17) is 18.9 Å². The highest BCUT2D eigenvalue weighted by atomic mass is 79.9. The Morgan fingerprint density at radius 2 is 1.89 bits per heavy atom. The van der Waals surface area contributed by atoms with Crippen LogP contribution in [0.2, 0.25) is 0 Å². The highest BCUT2D eigenvalue weighted by molar-refractivity contribution is 9.10. The van der Waals surface area contributed by atoms with Gasteiger partial charge >= 0.3 is 18.0 Å². The third-order valence-electron chi connectivity index (χ3n) is 4.04. The van der Waals surface area contributed by atoms with E-state index in [0.717, 1.165) is 4.90 Å². The van der Waals surface area contributed by atoms with Gasteiger partial charge < -0.3 is 18.9 Å². The van der Waals surface area contributed by atoms with Gasteiger partial charge in [0.1, 0.15) is 11.6 Å². The van der Waals surface area contributed by atoms with E-state index in [0.29, 0.717) is 4.60 Å². The minimum atomic E-state index is -1.63. The van der Waals surface area contributed by atoms with E-state index >= 15 is 0 Å². The molecule has 2 atom stereocenters. The average molecular weight is 462 g/mol. The number of carbonyl (C=O) groups excluding carboxylic acids is 3. The van der Waals surface area contributed by atoms with E-state index < -0.39 is 35.3 Å². The molecule has 1 fully saturated rings. The fourth-order valence-electron chi connectivity index (χ4n) is 2.90. The summed E-state index contributed by atoms with van der Waals surface area (Å²) >= 11 is 3.26. The first-order valence-corrected chi connectivity index (χ1v) is 9.26. The smallest absolute Gasteiger partial charge is 0.411 e. The van der Waals surface area contributed by atoms with Crippen LogP contribution in [0.15, 0.2) is 10.8 Å². The minimum absolute atomic E-state index is 0.160. The first-order valence-electron chi connectivity index (χ1n) is 8.46. The van der Waals surface area contributed by atoms with Gasteiger partial charge in [0.2, 0.25) is 5.60 Å². The Balaban J connectivity index is 2.42. The van der Waals surface area contributed by atoms with Gasteiger partial charge in [-0.1, -0.05) is 0 Å². The lowest BCUT2D eigenvalue weighted by atomic mass is 10.00. The summed E-state index contributed by atoms with van der Waals surface area (Å²) in [5.74, 6) is -1.16. The van der Waals surface area contributed by atoms with Crippen molar-refractivity contribution >= 4 is 34.0 Å². The summed E-state index contributed by atoms with van der Waals surface area (Å²) in [6.45, 7) is 4.84. The number of aromatic nitrogens is 2. The zero-order valence-electron chi connectivity index (χ0n) is 16.6. The summed E-state index contributed by atoms with van der Waals surface area (Å²) in [5, 5.41) is 4.10. The van der Waals surface area contributed by atoms with Crippen molar-refractivity contribution in [3.63, 3.8) is 0 Å². The molecule has 2 heterocycles. The molecule has 0 unspecified atom stereocenters. The molecule has 2 rings (SSSR count). The second-order valence-electron chi connectivity index (χ2n) is 7.40. The maximum atomic E-state index is 12.7. The van der Waals surface area contributed by atoms with Gasteiger partial charge in [0.15, 0.2) is 10.4 Å². The van der Waals surface area contributed by atoms with E-state index in [-0.39, 0.29) is 18.7 Å². The summed E-state index contributed by atoms with van der Waals surface area (Å²) in [7, 11) is 4.09. The predicted molar refractivity (Wildman–Crippen MR) is 99.6 cm³/mol. The van der Waals surface area contributed by atoms with Gasteiger partial charge in [-0.2, -0.15) is 5.10 Å². The van der Waals surface area contributed by atoms with Crippen molar-refractivity contribution in [2.75, 3.05) is 20.8 Å². The molecule has 156 valence electrons. The van der Waals surface area contributed by atoms with E-state index in [1.807, 2.05) is 0 Å². The topological polar surface area (TPSA) is 109 Å². The second-order valence-corrected chi connectivity index (χ2v) is 8.15. The molecular weight excluding hydrogens is 438 g/mol. The van der Waals surface area contributed by atoms with Gasteiger partial charge in [0.25, 0.3) is 0 Å². The maximum absolute atomic E-state index is 12.7. The van der Waals surface area contributed by atoms with Crippen LogP contribution in [0.4, 0.5) is 4.79 Å². The third-order valence-corrected chi connectivity index (χ3v) is 4.59. The molecule has 10 nitrogen and oxygen atoms in total. The minimum Gasteiger partial charge on any atom is -0.469 e. The van der Waals surface area contributed by atoms with Crippen molar-refractivity contribution < 1.29 is 33.3 Å². The Bertz CT molecular complexity index is 773. The number of hydrogen-bond acceptors (Lipinski definition) is 8. The number of hydrogen-bond donors (Lipinski definition) is 0. The molecule has 0 bridgehead atoms. The normalized spacial score (nSPS) is 22.0. The lowest BCUT2D eigenvalue weighted by Gasteiger charge is -2.28. The Kier molecular flexibility index (Phi) is 6.27. The number of likely N-dealkylation sites (tertiary alicyclic amines) is 1. The molecule has 1 saturated heterocycles. The summed E-state index contributed by atoms with van der Waals surface area (Å²) in [4.78, 5) is 38.8. The second kappa shape index (κ2) is 7.98. The molecule has 1 amide bonds. The quantitative estimate of drug-likeness (QED) is 0.491. The fourth-order valence-corrected chi connectivity index (χ4v) is 3.33. The molecule has 11 heteroatoms. The number of methoxy groups -OCH3 is 2. The number of halogens is 1. The van der Waals surface area contributed by atoms with Gasteiger partial charge in [0.05, 0.1) is 27.0 Å². The van der Waals surface area contributed by atoms with Crippen molar-refractivity contribution in [1.29, 1.82) is 0 Å². The van der Waals surface area contributed by atoms with Gasteiger partial charge in [0, 0.05) is 13.5 Å². The standard InChI is InChI=1S/C17H24BrN3O7/c1-16(2,3)28-15(24)21-9-17(14(23)26-6,7-10(21)13(22)25-5)27-11-8-20(4)19-12(11)18/h8,10H,7,9H2,1-6H3/t10-,17+/m0/s1. The van der Waals surface area contributed by atoms with Gasteiger partial charge in [-0.3, -0.25) is 9.58 Å². The van der Waals surface area contributed by atoms with Gasteiger partial charge in [-0.15, -0.1) is 0 Å². The zero-order valence-corrected chi connectivity index (χ0v) is 18.2. The van der Waals surface area contributed by atoms with Gasteiger partial charge in [-0.05, 0) is 36.7 Å². The van der Waals surface area contributed by atoms with E-state index in [2.05, 4.69) is 21.0 Å². The molecule has 0 aromatic carbocycles. The van der Waals surface area contributed by atoms with Crippen LogP contribution in [0.3, 0.4) is 0 Å². The molecule has 0 aliphatic carbocycles. The van der Waals surface area contributed by atoms with Crippen LogP contribution in [0.25, 0.3) is 0 Å². The third kappa shape index (κ3) is 4.57. The summed E-state index contributed by atoms with van der Waals surface area (Å²) in [6, 6.07) is -1.07. The predicted octanol–water partition coefficient (Wildman–Crippen LogP) is 1.66. The summed E-state index contributed by atoms with van der Waals surface area (Å²) in [6.07, 6.45) is 0.632. The summed E-state index contributed by atoms with van der Waals surface area (Å²) in [5.41, 5.74) is -2.42. The summed E-state index contributed by atoms with van der Waals surface area (Å²) < 4.78 is 22.9. The van der Waals surface area contributed by atoms with Crippen LogP contribution in [-0.4, -0.2) is 70.7 Å². The van der Waals surface area contributed by atoms with Crippen LogP contribution in [0.5, 0.6) is 5.75 Å². The molecule has 28 heavy (non-hydrogen) atoms. The average Bonchev–Trinajstić information content (AvgIpc) is 3.13. The van der Waals surface area contributed by atoms with E-state index in [9.17, 15) is 14.4 Å². The molecule has 0 spiro atoms. The van der Waals surface area contributed by atoms with Crippen LogP contribution in [0, 0.1) is 0 Å². The highest BCUT2D eigenvalue weighted by Crippen LogP contribution is 2.37. The number of nitrogens with zero attached hydrogens (tertiary/aromatic N) is 3. The fraction of sp³-hybridized carbons (Fsp3) is 0.647. The van der Waals surface area contributed by atoms with Crippen molar-refractivity contribution in [3.05, 3.63) is 10.8 Å². The molecule has 0 saturated carbocycles. The highest BCUT2D eigenvalue weighted by Gasteiger charge is 2.57. The molecule has 1 aliphatic rings. The monoisotopic (exact) mass is 461 g/mol. The zero-order chi connectivity index (χ0) is 21.3. The number of ether oxygens (including phenoxy) is 4. The van der Waals surface area contributed by atoms with Crippen molar-refractivity contribution in [3.8, 4) is 5.75 Å². The number of esters is 2. The van der Waals surface area contributed by atoms with Gasteiger partial charge in [-0.25, -0.2) is 14.4 Å². The molecule has 1 aromatic rings. The van der Waals surface area contributed by atoms with Crippen LogP contribution >= 0.6 is 15.9 Å². The molecule has 0 radical (unpaired) electrons. The van der Waals surface area contributed by atoms with E-state index in [1.54, 1.807) is 34.0 Å². The SMILES string of the molecule is COC(=O)[C@@H]1C[C@](Oc2cn(C)nc2Br)(C(=O)OC)CN1C(=O)OC(C)(C)C. The first-order chi connectivity index (χ1) is 12.9. The van der Waals surface area contributed by atoms with Crippen molar-refractivity contribution in [2.45, 2.75) is 44.4 Å². The van der Waals surface area contributed by atoms with Crippen LogP contribution in [-0.2, 0) is 30.8 Å².